The van der Waals surface area contributed by atoms with Crippen LogP contribution in [0.3, 0.4) is 0 Å². The molecule has 0 spiro atoms. The summed E-state index contributed by atoms with van der Waals surface area (Å²) in [5.41, 5.74) is 1.78. The Bertz CT molecular complexity index is 636. The third-order valence-corrected chi connectivity index (χ3v) is 4.03. The van der Waals surface area contributed by atoms with Crippen LogP contribution in [0.5, 0.6) is 0 Å². The fourth-order valence-corrected chi connectivity index (χ4v) is 2.72. The summed E-state index contributed by atoms with van der Waals surface area (Å²) in [7, 11) is 0. The SMILES string of the molecule is CCCC(=O)N1CCN(c2ccc(-c3cccnc3)nn2)CC1. The van der Waals surface area contributed by atoms with Crippen molar-refractivity contribution < 1.29 is 4.79 Å². The van der Waals surface area contributed by atoms with Gasteiger partial charge in [0.25, 0.3) is 0 Å². The molecule has 1 aliphatic rings. The van der Waals surface area contributed by atoms with E-state index in [1.54, 1.807) is 12.4 Å². The summed E-state index contributed by atoms with van der Waals surface area (Å²) in [5, 5.41) is 8.63. The standard InChI is InChI=1S/C17H21N5O/c1-2-4-17(23)22-11-9-21(10-12-22)16-7-6-15(19-20-16)14-5-3-8-18-13-14/h3,5-8,13H,2,4,9-12H2,1H3. The van der Waals surface area contributed by atoms with Gasteiger partial charge in [0.1, 0.15) is 0 Å². The van der Waals surface area contributed by atoms with E-state index in [1.807, 2.05) is 36.1 Å². The van der Waals surface area contributed by atoms with Crippen LogP contribution in [0.15, 0.2) is 36.7 Å². The molecule has 2 aromatic rings. The Hall–Kier alpha value is -2.50. The molecule has 0 atom stereocenters. The molecule has 3 rings (SSSR count). The van der Waals surface area contributed by atoms with Crippen LogP contribution < -0.4 is 4.90 Å². The van der Waals surface area contributed by atoms with Gasteiger partial charge < -0.3 is 9.80 Å². The number of carbonyl (C=O) groups excluding carboxylic acids is 1. The third-order valence-electron chi connectivity index (χ3n) is 4.03. The highest BCUT2D eigenvalue weighted by molar-refractivity contribution is 5.76. The maximum atomic E-state index is 11.9. The van der Waals surface area contributed by atoms with E-state index in [4.69, 9.17) is 0 Å². The molecule has 6 heteroatoms. The lowest BCUT2D eigenvalue weighted by Crippen LogP contribution is -2.49. The van der Waals surface area contributed by atoms with Crippen molar-refractivity contribution in [3.63, 3.8) is 0 Å². The summed E-state index contributed by atoms with van der Waals surface area (Å²) >= 11 is 0. The Balaban J connectivity index is 1.62. The normalized spacial score (nSPS) is 14.8. The zero-order chi connectivity index (χ0) is 16.1. The van der Waals surface area contributed by atoms with Gasteiger partial charge in [-0.15, -0.1) is 10.2 Å². The molecule has 1 amide bonds. The third kappa shape index (κ3) is 3.64. The average molecular weight is 311 g/mol. The molecule has 23 heavy (non-hydrogen) atoms. The van der Waals surface area contributed by atoms with Crippen molar-refractivity contribution in [2.24, 2.45) is 0 Å². The summed E-state index contributed by atoms with van der Waals surface area (Å²) in [6.07, 6.45) is 5.06. The van der Waals surface area contributed by atoms with Crippen LogP contribution in [-0.4, -0.2) is 52.2 Å². The molecular formula is C17H21N5O. The van der Waals surface area contributed by atoms with Crippen LogP contribution in [-0.2, 0) is 4.79 Å². The first-order valence-electron chi connectivity index (χ1n) is 8.05. The van der Waals surface area contributed by atoms with Crippen LogP contribution in [0.25, 0.3) is 11.3 Å². The Labute approximate surface area is 136 Å². The van der Waals surface area contributed by atoms with Crippen LogP contribution in [0, 0.1) is 0 Å². The van der Waals surface area contributed by atoms with E-state index >= 15 is 0 Å². The van der Waals surface area contributed by atoms with Gasteiger partial charge in [-0.25, -0.2) is 0 Å². The molecular weight excluding hydrogens is 290 g/mol. The molecule has 0 aliphatic carbocycles. The molecule has 3 heterocycles. The van der Waals surface area contributed by atoms with Gasteiger partial charge in [0.15, 0.2) is 5.82 Å². The molecule has 120 valence electrons. The second kappa shape index (κ2) is 7.17. The van der Waals surface area contributed by atoms with Crippen LogP contribution in [0.4, 0.5) is 5.82 Å². The van der Waals surface area contributed by atoms with Crippen molar-refractivity contribution in [3.8, 4) is 11.3 Å². The Kier molecular flexibility index (Phi) is 4.80. The fraction of sp³-hybridized carbons (Fsp3) is 0.412. The lowest BCUT2D eigenvalue weighted by atomic mass is 10.2. The van der Waals surface area contributed by atoms with E-state index in [2.05, 4.69) is 20.1 Å². The van der Waals surface area contributed by atoms with Gasteiger partial charge in [0, 0.05) is 50.6 Å². The van der Waals surface area contributed by atoms with E-state index in [0.717, 1.165) is 49.7 Å². The number of hydrogen-bond donors (Lipinski definition) is 0. The number of rotatable bonds is 4. The maximum absolute atomic E-state index is 11.9. The topological polar surface area (TPSA) is 62.2 Å². The minimum Gasteiger partial charge on any atom is -0.352 e. The summed E-state index contributed by atoms with van der Waals surface area (Å²) in [5.74, 6) is 1.12. The molecule has 0 unspecified atom stereocenters. The minimum atomic E-state index is 0.255. The highest BCUT2D eigenvalue weighted by Crippen LogP contribution is 2.18. The first-order chi connectivity index (χ1) is 11.3. The van der Waals surface area contributed by atoms with Gasteiger partial charge in [-0.2, -0.15) is 0 Å². The summed E-state index contributed by atoms with van der Waals surface area (Å²) in [4.78, 5) is 20.1. The highest BCUT2D eigenvalue weighted by atomic mass is 16.2. The molecule has 0 aromatic carbocycles. The first-order valence-corrected chi connectivity index (χ1v) is 8.05. The summed E-state index contributed by atoms with van der Waals surface area (Å²) in [6.45, 7) is 5.15. The maximum Gasteiger partial charge on any atom is 0.222 e. The molecule has 1 aliphatic heterocycles. The molecule has 0 bridgehead atoms. The Morgan fingerprint density at radius 1 is 1.13 bits per heavy atom. The van der Waals surface area contributed by atoms with Crippen molar-refractivity contribution in [2.45, 2.75) is 19.8 Å². The second-order valence-electron chi connectivity index (χ2n) is 5.64. The van der Waals surface area contributed by atoms with Crippen LogP contribution >= 0.6 is 0 Å². The number of amides is 1. The van der Waals surface area contributed by atoms with E-state index < -0.39 is 0 Å². The summed E-state index contributed by atoms with van der Waals surface area (Å²) in [6, 6.07) is 7.80. The molecule has 1 saturated heterocycles. The summed E-state index contributed by atoms with van der Waals surface area (Å²) < 4.78 is 0. The number of aromatic nitrogens is 3. The van der Waals surface area contributed by atoms with Crippen molar-refractivity contribution in [1.29, 1.82) is 0 Å². The number of pyridine rings is 1. The molecule has 1 fully saturated rings. The van der Waals surface area contributed by atoms with Crippen LogP contribution in [0.2, 0.25) is 0 Å². The number of carbonyl (C=O) groups is 1. The predicted molar refractivity (Wildman–Crippen MR) is 89.0 cm³/mol. The van der Waals surface area contributed by atoms with Gasteiger partial charge in [-0.3, -0.25) is 9.78 Å². The zero-order valence-corrected chi connectivity index (χ0v) is 13.4. The average Bonchev–Trinajstić information content (AvgIpc) is 2.63. The first kappa shape index (κ1) is 15.4. The number of piperazine rings is 1. The Morgan fingerprint density at radius 2 is 1.96 bits per heavy atom. The van der Waals surface area contributed by atoms with E-state index in [-0.39, 0.29) is 5.91 Å². The molecule has 0 N–H and O–H groups in total. The van der Waals surface area contributed by atoms with Crippen LogP contribution in [0.1, 0.15) is 19.8 Å². The monoisotopic (exact) mass is 311 g/mol. The predicted octanol–water partition coefficient (Wildman–Crippen LogP) is 1.99. The van der Waals surface area contributed by atoms with Gasteiger partial charge in [-0.05, 0) is 30.7 Å². The second-order valence-corrected chi connectivity index (χ2v) is 5.64. The van der Waals surface area contributed by atoms with Crippen molar-refractivity contribution >= 4 is 11.7 Å². The van der Waals surface area contributed by atoms with E-state index in [1.165, 1.54) is 0 Å². The van der Waals surface area contributed by atoms with E-state index in [9.17, 15) is 4.79 Å². The number of hydrogen-bond acceptors (Lipinski definition) is 5. The quantitative estimate of drug-likeness (QED) is 0.864. The largest absolute Gasteiger partial charge is 0.352 e. The minimum absolute atomic E-state index is 0.255. The van der Waals surface area contributed by atoms with Crippen molar-refractivity contribution in [1.82, 2.24) is 20.1 Å². The number of nitrogens with zero attached hydrogens (tertiary/aromatic N) is 5. The lowest BCUT2D eigenvalue weighted by molar-refractivity contribution is -0.131. The van der Waals surface area contributed by atoms with Crippen molar-refractivity contribution in [2.75, 3.05) is 31.1 Å². The zero-order valence-electron chi connectivity index (χ0n) is 13.4. The molecule has 6 nitrogen and oxygen atoms in total. The lowest BCUT2D eigenvalue weighted by Gasteiger charge is -2.35. The highest BCUT2D eigenvalue weighted by Gasteiger charge is 2.21. The molecule has 0 radical (unpaired) electrons. The number of anilines is 1. The van der Waals surface area contributed by atoms with Gasteiger partial charge in [-0.1, -0.05) is 6.92 Å². The van der Waals surface area contributed by atoms with Gasteiger partial charge in [0.2, 0.25) is 5.91 Å². The molecule has 0 saturated carbocycles. The van der Waals surface area contributed by atoms with Gasteiger partial charge in [0.05, 0.1) is 5.69 Å². The van der Waals surface area contributed by atoms with Gasteiger partial charge >= 0.3 is 0 Å². The Morgan fingerprint density at radius 3 is 2.57 bits per heavy atom. The smallest absolute Gasteiger partial charge is 0.222 e. The van der Waals surface area contributed by atoms with E-state index in [0.29, 0.717) is 6.42 Å². The van der Waals surface area contributed by atoms with Crippen molar-refractivity contribution in [3.05, 3.63) is 36.7 Å². The fourth-order valence-electron chi connectivity index (χ4n) is 2.72. The molecule has 2 aromatic heterocycles.